The second-order valence-corrected chi connectivity index (χ2v) is 3.73. The number of rotatable bonds is 0. The molecule has 0 aromatic heterocycles. The fourth-order valence-electron chi connectivity index (χ4n) is 0.516. The minimum atomic E-state index is -5.84. The summed E-state index contributed by atoms with van der Waals surface area (Å²) >= 11 is 0. The lowest BCUT2D eigenvalue weighted by atomic mass is 10.7. The molecule has 0 unspecified atom stereocenters. The molecule has 0 aromatic rings. The molecule has 0 aromatic carbocycles. The van der Waals surface area contributed by atoms with E-state index in [9.17, 15) is 13.2 Å². The van der Waals surface area contributed by atoms with E-state index in [4.69, 9.17) is 13.0 Å². The van der Waals surface area contributed by atoms with Crippen LogP contribution in [0.1, 0.15) is 6.92 Å². The number of halogens is 3. The van der Waals surface area contributed by atoms with Crippen molar-refractivity contribution in [3.63, 3.8) is 0 Å². The summed E-state index contributed by atoms with van der Waals surface area (Å²) in [5.74, 6) is 1.08. The van der Waals surface area contributed by atoms with Crippen LogP contribution >= 0.6 is 0 Å². The summed E-state index contributed by atoms with van der Waals surface area (Å²) in [6.07, 6.45) is 0. The highest BCUT2D eigenvalue weighted by Crippen LogP contribution is 2.20. The third-order valence-electron chi connectivity index (χ3n) is 1.13. The van der Waals surface area contributed by atoms with Crippen molar-refractivity contribution < 1.29 is 26.1 Å². The molecule has 0 radical (unpaired) electrons. The van der Waals surface area contributed by atoms with Gasteiger partial charge in [-0.15, -0.1) is 0 Å². The molecule has 0 aliphatic carbocycles. The van der Waals surface area contributed by atoms with Crippen LogP contribution in [0.25, 0.3) is 0 Å². The number of hydrogen-bond donors (Lipinski definition) is 2. The topological polar surface area (TPSA) is 78.8 Å². The first-order valence-corrected chi connectivity index (χ1v) is 4.87. The van der Waals surface area contributed by atoms with E-state index in [0.29, 0.717) is 0 Å². The fraction of sp³-hybridized carbons (Fsp3) is 0.800. The van der Waals surface area contributed by atoms with Gasteiger partial charge >= 0.3 is 15.6 Å². The normalized spacial score (nSPS) is 16.5. The quantitative estimate of drug-likeness (QED) is 0.469. The summed E-state index contributed by atoms with van der Waals surface area (Å²) in [7, 11) is -5.84. The van der Waals surface area contributed by atoms with E-state index >= 15 is 0 Å². The van der Waals surface area contributed by atoms with Crippen LogP contribution in [-0.2, 0) is 10.1 Å². The summed E-state index contributed by atoms with van der Waals surface area (Å²) in [6, 6.07) is 0. The Morgan fingerprint density at radius 1 is 1.50 bits per heavy atom. The Labute approximate surface area is 78.8 Å². The van der Waals surface area contributed by atoms with Crippen molar-refractivity contribution in [1.82, 2.24) is 5.32 Å². The standard InChI is InChI=1S/C4H8N2.CHF3O3S/c1-4-5-2-3-6-4;2-1(3,4)8(5,6)7/h2-3H2,1H3,(H,5,6);(H,5,6,7). The monoisotopic (exact) mass is 234 g/mol. The van der Waals surface area contributed by atoms with E-state index in [1.807, 2.05) is 6.92 Å². The van der Waals surface area contributed by atoms with Gasteiger partial charge in [0.05, 0.1) is 12.4 Å². The molecular formula is C5H9F3N2O3S. The van der Waals surface area contributed by atoms with Gasteiger partial charge in [0.1, 0.15) is 0 Å². The predicted molar refractivity (Wildman–Crippen MR) is 43.6 cm³/mol. The highest BCUT2D eigenvalue weighted by molar-refractivity contribution is 7.86. The molecule has 2 N–H and O–H groups in total. The van der Waals surface area contributed by atoms with Crippen LogP contribution in [0.15, 0.2) is 4.99 Å². The molecule has 5 nitrogen and oxygen atoms in total. The molecular weight excluding hydrogens is 225 g/mol. The van der Waals surface area contributed by atoms with Crippen LogP contribution in [0.4, 0.5) is 13.2 Å². The summed E-state index contributed by atoms with van der Waals surface area (Å²) < 4.78 is 57.5. The van der Waals surface area contributed by atoms with Crippen LogP contribution in [0.2, 0.25) is 0 Å². The van der Waals surface area contributed by atoms with Gasteiger partial charge < -0.3 is 5.32 Å². The average molecular weight is 234 g/mol. The highest BCUT2D eigenvalue weighted by atomic mass is 32.2. The second kappa shape index (κ2) is 4.60. The molecule has 1 aliphatic heterocycles. The Balaban J connectivity index is 0.000000249. The number of nitrogens with one attached hydrogen (secondary N) is 1. The van der Waals surface area contributed by atoms with Crippen molar-refractivity contribution in [2.75, 3.05) is 13.1 Å². The number of aliphatic imine (C=N–C) groups is 1. The van der Waals surface area contributed by atoms with E-state index in [1.54, 1.807) is 0 Å². The van der Waals surface area contributed by atoms with E-state index in [0.717, 1.165) is 18.9 Å². The number of amidine groups is 1. The molecule has 0 atom stereocenters. The molecule has 0 bridgehead atoms. The van der Waals surface area contributed by atoms with Crippen molar-refractivity contribution in [2.45, 2.75) is 12.4 Å². The molecule has 0 spiro atoms. The van der Waals surface area contributed by atoms with Gasteiger partial charge in [-0.2, -0.15) is 21.6 Å². The van der Waals surface area contributed by atoms with E-state index in [2.05, 4.69) is 10.3 Å². The Morgan fingerprint density at radius 2 is 1.93 bits per heavy atom. The molecule has 14 heavy (non-hydrogen) atoms. The zero-order valence-electron chi connectivity index (χ0n) is 7.17. The first-order valence-electron chi connectivity index (χ1n) is 3.43. The van der Waals surface area contributed by atoms with Gasteiger partial charge in [-0.05, 0) is 6.92 Å². The largest absolute Gasteiger partial charge is 0.522 e. The summed E-state index contributed by atoms with van der Waals surface area (Å²) in [5.41, 5.74) is -5.53. The first kappa shape index (κ1) is 13.2. The van der Waals surface area contributed by atoms with Crippen molar-refractivity contribution in [3.8, 4) is 0 Å². The predicted octanol–water partition coefficient (Wildman–Crippen LogP) is 0.402. The molecule has 9 heteroatoms. The maximum atomic E-state index is 10.7. The van der Waals surface area contributed by atoms with Crippen molar-refractivity contribution in [3.05, 3.63) is 0 Å². The second-order valence-electron chi connectivity index (χ2n) is 2.31. The maximum Gasteiger partial charge on any atom is 0.522 e. The van der Waals surface area contributed by atoms with Gasteiger partial charge in [0, 0.05) is 6.54 Å². The molecule has 1 rings (SSSR count). The van der Waals surface area contributed by atoms with Gasteiger partial charge in [-0.3, -0.25) is 9.55 Å². The zero-order chi connectivity index (χ0) is 11.4. The molecule has 0 fully saturated rings. The van der Waals surface area contributed by atoms with Crippen LogP contribution in [0.5, 0.6) is 0 Å². The number of alkyl halides is 3. The lowest BCUT2D eigenvalue weighted by Gasteiger charge is -1.97. The molecule has 0 saturated carbocycles. The number of hydrogen-bond acceptors (Lipinski definition) is 4. The minimum absolute atomic E-state index is 0.964. The summed E-state index contributed by atoms with van der Waals surface area (Å²) in [5, 5.41) is 3.07. The summed E-state index contributed by atoms with van der Waals surface area (Å²) in [4.78, 5) is 4.04. The average Bonchev–Trinajstić information content (AvgIpc) is 2.35. The molecule has 0 amide bonds. The zero-order valence-corrected chi connectivity index (χ0v) is 7.98. The van der Waals surface area contributed by atoms with Crippen LogP contribution < -0.4 is 5.32 Å². The smallest absolute Gasteiger partial charge is 0.372 e. The fourth-order valence-corrected chi connectivity index (χ4v) is 0.516. The SMILES string of the molecule is CC1=NCCN1.O=S(=O)(O)C(F)(F)F. The minimum Gasteiger partial charge on any atom is -0.372 e. The van der Waals surface area contributed by atoms with Crippen molar-refractivity contribution >= 4 is 16.0 Å². The first-order chi connectivity index (χ1) is 6.14. The lowest BCUT2D eigenvalue weighted by Crippen LogP contribution is -2.21. The van der Waals surface area contributed by atoms with Gasteiger partial charge in [-0.25, -0.2) is 0 Å². The van der Waals surface area contributed by atoms with Crippen molar-refractivity contribution in [1.29, 1.82) is 0 Å². The van der Waals surface area contributed by atoms with Gasteiger partial charge in [0.2, 0.25) is 0 Å². The molecule has 1 aliphatic rings. The number of nitrogens with zero attached hydrogens (tertiary/aromatic N) is 1. The third-order valence-corrected chi connectivity index (χ3v) is 1.72. The van der Waals surface area contributed by atoms with Crippen LogP contribution in [-0.4, -0.2) is 37.4 Å². The third kappa shape index (κ3) is 5.02. The Morgan fingerprint density at radius 3 is 2.00 bits per heavy atom. The Kier molecular flexibility index (Phi) is 4.33. The van der Waals surface area contributed by atoms with Crippen LogP contribution in [0, 0.1) is 0 Å². The Hall–Kier alpha value is -0.830. The van der Waals surface area contributed by atoms with Crippen molar-refractivity contribution in [2.24, 2.45) is 4.99 Å². The van der Waals surface area contributed by atoms with Crippen LogP contribution in [0.3, 0.4) is 0 Å². The molecule has 84 valence electrons. The maximum absolute atomic E-state index is 10.7. The van der Waals surface area contributed by atoms with Gasteiger partial charge in [0.15, 0.2) is 0 Å². The molecule has 0 saturated heterocycles. The molecule has 1 heterocycles. The highest BCUT2D eigenvalue weighted by Gasteiger charge is 2.44. The van der Waals surface area contributed by atoms with Gasteiger partial charge in [-0.1, -0.05) is 0 Å². The van der Waals surface area contributed by atoms with E-state index in [1.165, 1.54) is 0 Å². The van der Waals surface area contributed by atoms with Gasteiger partial charge in [0.25, 0.3) is 0 Å². The lowest BCUT2D eigenvalue weighted by molar-refractivity contribution is -0.0510. The Bertz CT molecular complexity index is 309. The van der Waals surface area contributed by atoms with E-state index < -0.39 is 15.6 Å². The summed E-state index contributed by atoms with van der Waals surface area (Å²) in [6.45, 7) is 3.98. The van der Waals surface area contributed by atoms with E-state index in [-0.39, 0.29) is 0 Å².